The SMILES string of the molecule is [CH2]C(=O)c1ccc(CN2CCC(O)CC2)cc1. The number of likely N-dealkylation sites (tertiary alicyclic amines) is 1. The number of carbonyl (C=O) groups excluding carboxylic acids is 1. The quantitative estimate of drug-likeness (QED) is 0.806. The van der Waals surface area contributed by atoms with E-state index in [0.29, 0.717) is 5.56 Å². The predicted octanol–water partition coefficient (Wildman–Crippen LogP) is 1.66. The molecule has 0 unspecified atom stereocenters. The third-order valence-electron chi connectivity index (χ3n) is 3.24. The number of ketones is 1. The molecule has 91 valence electrons. The number of benzene rings is 1. The van der Waals surface area contributed by atoms with Gasteiger partial charge in [-0.1, -0.05) is 24.3 Å². The Morgan fingerprint density at radius 1 is 1.29 bits per heavy atom. The Morgan fingerprint density at radius 3 is 2.41 bits per heavy atom. The fourth-order valence-electron chi connectivity index (χ4n) is 2.13. The predicted molar refractivity (Wildman–Crippen MR) is 66.6 cm³/mol. The zero-order valence-corrected chi connectivity index (χ0v) is 9.93. The van der Waals surface area contributed by atoms with Crippen LogP contribution in [-0.2, 0) is 6.54 Å². The Labute approximate surface area is 102 Å². The van der Waals surface area contributed by atoms with E-state index in [4.69, 9.17) is 0 Å². The lowest BCUT2D eigenvalue weighted by Crippen LogP contribution is -2.35. The maximum atomic E-state index is 11.0. The molecule has 1 aromatic rings. The van der Waals surface area contributed by atoms with Crippen LogP contribution in [0.15, 0.2) is 24.3 Å². The summed E-state index contributed by atoms with van der Waals surface area (Å²) in [5.41, 5.74) is 1.86. The van der Waals surface area contributed by atoms with Gasteiger partial charge in [0.25, 0.3) is 0 Å². The van der Waals surface area contributed by atoms with Gasteiger partial charge in [-0.25, -0.2) is 0 Å². The molecule has 1 saturated heterocycles. The third kappa shape index (κ3) is 3.38. The Bertz CT molecular complexity index is 378. The van der Waals surface area contributed by atoms with Crippen LogP contribution in [-0.4, -0.2) is 35.0 Å². The molecule has 1 aliphatic rings. The number of nitrogens with zero attached hydrogens (tertiary/aromatic N) is 1. The van der Waals surface area contributed by atoms with Gasteiger partial charge in [-0.2, -0.15) is 0 Å². The number of hydrogen-bond donors (Lipinski definition) is 1. The van der Waals surface area contributed by atoms with Crippen LogP contribution in [0.5, 0.6) is 0 Å². The van der Waals surface area contributed by atoms with E-state index in [0.717, 1.165) is 32.5 Å². The maximum Gasteiger partial charge on any atom is 0.163 e. The summed E-state index contributed by atoms with van der Waals surface area (Å²) in [6.45, 7) is 6.16. The van der Waals surface area contributed by atoms with E-state index in [1.807, 2.05) is 24.3 Å². The molecule has 0 spiro atoms. The van der Waals surface area contributed by atoms with Crippen molar-refractivity contribution in [2.45, 2.75) is 25.5 Å². The number of carbonyl (C=O) groups is 1. The third-order valence-corrected chi connectivity index (χ3v) is 3.24. The summed E-state index contributed by atoms with van der Waals surface area (Å²) in [7, 11) is 0. The minimum atomic E-state index is -0.141. The van der Waals surface area contributed by atoms with Gasteiger partial charge in [0.2, 0.25) is 0 Å². The lowest BCUT2D eigenvalue weighted by Gasteiger charge is -2.29. The first-order chi connectivity index (χ1) is 8.15. The highest BCUT2D eigenvalue weighted by Gasteiger charge is 2.16. The second kappa shape index (κ2) is 5.43. The summed E-state index contributed by atoms with van der Waals surface area (Å²) in [5, 5.41) is 9.42. The molecule has 0 aromatic heterocycles. The zero-order chi connectivity index (χ0) is 12.3. The van der Waals surface area contributed by atoms with Crippen molar-refractivity contribution in [1.29, 1.82) is 0 Å². The largest absolute Gasteiger partial charge is 0.393 e. The smallest absolute Gasteiger partial charge is 0.163 e. The van der Waals surface area contributed by atoms with Gasteiger partial charge in [0, 0.05) is 32.1 Å². The highest BCUT2D eigenvalue weighted by Crippen LogP contribution is 2.14. The monoisotopic (exact) mass is 232 g/mol. The minimum absolute atomic E-state index is 0.127. The van der Waals surface area contributed by atoms with E-state index in [9.17, 15) is 9.90 Å². The van der Waals surface area contributed by atoms with Gasteiger partial charge in [0.1, 0.15) is 0 Å². The molecule has 1 aromatic carbocycles. The molecule has 0 amide bonds. The first-order valence-corrected chi connectivity index (χ1v) is 6.01. The second-order valence-electron chi connectivity index (χ2n) is 4.63. The van der Waals surface area contributed by atoms with Crippen LogP contribution >= 0.6 is 0 Å². The van der Waals surface area contributed by atoms with E-state index in [-0.39, 0.29) is 11.9 Å². The van der Waals surface area contributed by atoms with Gasteiger partial charge in [-0.3, -0.25) is 9.69 Å². The highest BCUT2D eigenvalue weighted by atomic mass is 16.3. The molecule has 1 fully saturated rings. The first-order valence-electron chi connectivity index (χ1n) is 6.01. The number of aliphatic hydroxyl groups is 1. The number of aliphatic hydroxyl groups excluding tert-OH is 1. The highest BCUT2D eigenvalue weighted by molar-refractivity contribution is 5.99. The number of rotatable bonds is 3. The van der Waals surface area contributed by atoms with Gasteiger partial charge < -0.3 is 5.11 Å². The number of Topliss-reactive ketones (excluding diaryl/α,β-unsaturated/α-hetero) is 1. The maximum absolute atomic E-state index is 11.0. The molecule has 1 radical (unpaired) electrons. The Balaban J connectivity index is 1.92. The van der Waals surface area contributed by atoms with E-state index in [1.54, 1.807) is 0 Å². The van der Waals surface area contributed by atoms with Crippen molar-refractivity contribution in [3.63, 3.8) is 0 Å². The molecule has 0 bridgehead atoms. The second-order valence-corrected chi connectivity index (χ2v) is 4.63. The lowest BCUT2D eigenvalue weighted by molar-refractivity contribution is 0.0792. The van der Waals surface area contributed by atoms with Crippen molar-refractivity contribution in [2.75, 3.05) is 13.1 Å². The molecule has 17 heavy (non-hydrogen) atoms. The standard InChI is InChI=1S/C14H18NO2/c1-11(16)13-4-2-12(3-5-13)10-15-8-6-14(17)7-9-15/h2-5,14,17H,1,6-10H2. The van der Waals surface area contributed by atoms with Crippen molar-refractivity contribution >= 4 is 5.78 Å². The van der Waals surface area contributed by atoms with Gasteiger partial charge in [-0.05, 0) is 18.4 Å². The van der Waals surface area contributed by atoms with Gasteiger partial charge in [0.15, 0.2) is 5.78 Å². The van der Waals surface area contributed by atoms with Crippen LogP contribution in [0.2, 0.25) is 0 Å². The summed E-state index contributed by atoms with van der Waals surface area (Å²) >= 11 is 0. The Hall–Kier alpha value is -1.19. The summed E-state index contributed by atoms with van der Waals surface area (Å²) in [5.74, 6) is -0.141. The summed E-state index contributed by atoms with van der Waals surface area (Å²) in [6.07, 6.45) is 1.59. The molecule has 3 heteroatoms. The fraction of sp³-hybridized carbons (Fsp3) is 0.429. The molecular weight excluding hydrogens is 214 g/mol. The van der Waals surface area contributed by atoms with Crippen molar-refractivity contribution in [2.24, 2.45) is 0 Å². The minimum Gasteiger partial charge on any atom is -0.393 e. The molecule has 1 heterocycles. The molecule has 1 aliphatic heterocycles. The van der Waals surface area contributed by atoms with Crippen LogP contribution < -0.4 is 0 Å². The van der Waals surface area contributed by atoms with Gasteiger partial charge in [-0.15, -0.1) is 0 Å². The average molecular weight is 232 g/mol. The molecule has 3 nitrogen and oxygen atoms in total. The van der Waals surface area contributed by atoms with E-state index in [2.05, 4.69) is 11.8 Å². The van der Waals surface area contributed by atoms with Crippen LogP contribution in [0, 0.1) is 6.92 Å². The van der Waals surface area contributed by atoms with Crippen LogP contribution in [0.1, 0.15) is 28.8 Å². The van der Waals surface area contributed by atoms with E-state index in [1.165, 1.54) is 5.56 Å². The first kappa shape index (κ1) is 12.3. The molecule has 0 saturated carbocycles. The Morgan fingerprint density at radius 2 is 1.88 bits per heavy atom. The van der Waals surface area contributed by atoms with Gasteiger partial charge >= 0.3 is 0 Å². The van der Waals surface area contributed by atoms with Crippen molar-refractivity contribution in [3.8, 4) is 0 Å². The number of hydrogen-bond acceptors (Lipinski definition) is 3. The topological polar surface area (TPSA) is 40.5 Å². The van der Waals surface area contributed by atoms with Crippen molar-refractivity contribution in [1.82, 2.24) is 4.90 Å². The molecule has 0 atom stereocenters. The van der Waals surface area contributed by atoms with Crippen LogP contribution in [0.25, 0.3) is 0 Å². The molecular formula is C14H18NO2. The fourth-order valence-corrected chi connectivity index (χ4v) is 2.13. The summed E-state index contributed by atoms with van der Waals surface area (Å²) < 4.78 is 0. The van der Waals surface area contributed by atoms with Crippen molar-refractivity contribution < 1.29 is 9.90 Å². The zero-order valence-electron chi connectivity index (χ0n) is 9.93. The van der Waals surface area contributed by atoms with Crippen molar-refractivity contribution in [3.05, 3.63) is 42.3 Å². The van der Waals surface area contributed by atoms with Crippen LogP contribution in [0.4, 0.5) is 0 Å². The van der Waals surface area contributed by atoms with Crippen LogP contribution in [0.3, 0.4) is 0 Å². The molecule has 1 N–H and O–H groups in total. The number of piperidine rings is 1. The lowest BCUT2D eigenvalue weighted by atomic mass is 10.1. The van der Waals surface area contributed by atoms with E-state index >= 15 is 0 Å². The average Bonchev–Trinajstić information content (AvgIpc) is 2.33. The summed E-state index contributed by atoms with van der Waals surface area (Å²) in [4.78, 5) is 13.4. The normalized spacial score (nSPS) is 18.2. The Kier molecular flexibility index (Phi) is 3.92. The van der Waals surface area contributed by atoms with E-state index < -0.39 is 0 Å². The molecule has 0 aliphatic carbocycles. The molecule has 2 rings (SSSR count). The van der Waals surface area contributed by atoms with Gasteiger partial charge in [0.05, 0.1) is 6.10 Å². The summed E-state index contributed by atoms with van der Waals surface area (Å²) in [6, 6.07) is 7.60.